The first-order valence-corrected chi connectivity index (χ1v) is 22.2. The molecule has 7 rings (SSSR count). The number of ether oxygens (including phenoxy) is 2. The zero-order valence-corrected chi connectivity index (χ0v) is 39.6. The van der Waals surface area contributed by atoms with Crippen molar-refractivity contribution in [1.82, 2.24) is 19.9 Å². The van der Waals surface area contributed by atoms with Crippen LogP contribution >= 0.6 is 46.2 Å². The number of hydrogen-bond acceptors (Lipinski definition) is 13. The third kappa shape index (κ3) is 15.1. The summed E-state index contributed by atoms with van der Waals surface area (Å²) in [5, 5.41) is 17.5. The molecule has 2 N–H and O–H groups in total. The summed E-state index contributed by atoms with van der Waals surface area (Å²) in [6, 6.07) is 24.2. The Bertz CT molecular complexity index is 2770. The minimum Gasteiger partial charge on any atom is -0.753 e. The fourth-order valence-electron chi connectivity index (χ4n) is 6.04. The van der Waals surface area contributed by atoms with Gasteiger partial charge in [0, 0.05) is 66.9 Å². The van der Waals surface area contributed by atoms with E-state index in [1.54, 1.807) is 76.6 Å². The van der Waals surface area contributed by atoms with Gasteiger partial charge in [0.25, 0.3) is 12.9 Å². The summed E-state index contributed by atoms with van der Waals surface area (Å²) >= 11 is 8.76. The number of carbonyl (C=O) groups is 2. The van der Waals surface area contributed by atoms with E-state index in [4.69, 9.17) is 26.0 Å². The molecule has 334 valence electrons. The van der Waals surface area contributed by atoms with E-state index in [9.17, 15) is 22.8 Å². The van der Waals surface area contributed by atoms with E-state index >= 15 is 0 Å². The van der Waals surface area contributed by atoms with Gasteiger partial charge in [-0.3, -0.25) is 30.0 Å². The summed E-state index contributed by atoms with van der Waals surface area (Å²) in [5.74, 6) is 0.617. The molecule has 65 heavy (non-hydrogen) atoms. The average Bonchev–Trinajstić information content (AvgIpc) is 4.08. The number of pyridine rings is 4. The number of nitrogens with zero attached hydrogens (tertiary/aromatic N) is 5. The number of unbranched alkanes of at least 4 members (excludes halogenated alkanes) is 3. The zero-order chi connectivity index (χ0) is 46.1. The number of aryl methyl sites for hydroxylation is 2. The summed E-state index contributed by atoms with van der Waals surface area (Å²) in [6.45, 7) is 4.96. The van der Waals surface area contributed by atoms with Crippen molar-refractivity contribution in [2.24, 2.45) is 0 Å². The van der Waals surface area contributed by atoms with E-state index in [1.165, 1.54) is 57.0 Å². The number of rotatable bonds is 16. The van der Waals surface area contributed by atoms with Crippen molar-refractivity contribution in [3.63, 3.8) is 0 Å². The maximum absolute atomic E-state index is 12.5. The van der Waals surface area contributed by atoms with Crippen molar-refractivity contribution in [1.29, 1.82) is 5.41 Å². The quantitative estimate of drug-likeness (QED) is 0.0325. The topological polar surface area (TPSA) is 174 Å². The molecule has 19 heteroatoms. The Kier molecular flexibility index (Phi) is 20.3. The summed E-state index contributed by atoms with van der Waals surface area (Å²) in [7, 11) is 0. The predicted octanol–water partition coefficient (Wildman–Crippen LogP) is 13.6. The van der Waals surface area contributed by atoms with Crippen molar-refractivity contribution < 1.29 is 51.7 Å². The normalized spacial score (nSPS) is 10.8. The monoisotopic (exact) mass is 1040 g/mol. The number of halogens is 3. The molecule has 0 saturated carbocycles. The number of hydrogen-bond donors (Lipinski definition) is 1. The van der Waals surface area contributed by atoms with Gasteiger partial charge in [-0.25, -0.2) is 4.98 Å². The molecule has 11 nitrogen and oxygen atoms in total. The maximum Gasteiger partial charge on any atom is 2.00 e. The molecule has 0 aliphatic rings. The smallest absolute Gasteiger partial charge is 0.753 e. The number of carbonyl (C=O) groups excluding carboxylic acids is 2. The number of allylic oxidation sites excluding steroid dienone is 1. The van der Waals surface area contributed by atoms with Crippen molar-refractivity contribution in [2.45, 2.75) is 52.1 Å². The molecule has 0 aromatic carbocycles. The SMILES string of the molecule is CCCCCCc1ccsc1-c1ccnc(/C([NH-])=C/C(=N)C(F)(F)F)c1.Cc1ccc(-c2ccc(-c3ccnc(-c4cc(OC=O)cc(-c5cc(OC=O)ccn5)n4)c3)s2)s1.[N-]=C=S.[Ru+2]. The fourth-order valence-corrected chi connectivity index (χ4v) is 8.95. The van der Waals surface area contributed by atoms with Crippen LogP contribution in [0.3, 0.4) is 0 Å². The molecule has 0 spiro atoms. The number of aromatic nitrogens is 4. The molecule has 7 aromatic heterocycles. The van der Waals surface area contributed by atoms with Crippen molar-refractivity contribution in [3.05, 3.63) is 136 Å². The van der Waals surface area contributed by atoms with Crippen LogP contribution in [0.1, 0.15) is 48.7 Å². The van der Waals surface area contributed by atoms with E-state index in [-0.39, 0.29) is 25.2 Å². The first-order valence-electron chi connectivity index (χ1n) is 19.3. The molecular formula is C46H38F3N7O4RuS4. The van der Waals surface area contributed by atoms with E-state index < -0.39 is 17.6 Å². The van der Waals surface area contributed by atoms with Crippen LogP contribution in [0.15, 0.2) is 109 Å². The number of thiophene rings is 3. The largest absolute Gasteiger partial charge is 2.00 e. The molecule has 7 aromatic rings. The molecule has 7 heterocycles. The molecule has 0 atom stereocenters. The number of thiocarbonyl (C=S) groups is 1. The maximum atomic E-state index is 12.5. The first-order chi connectivity index (χ1) is 30.9. The van der Waals surface area contributed by atoms with Crippen LogP contribution in [0.25, 0.3) is 70.3 Å². The van der Waals surface area contributed by atoms with Gasteiger partial charge in [0.2, 0.25) is 0 Å². The Balaban J connectivity index is 0.000000275. The second-order valence-electron chi connectivity index (χ2n) is 13.5. The van der Waals surface area contributed by atoms with E-state index in [0.717, 1.165) is 33.7 Å². The molecule has 0 radical (unpaired) electrons. The third-order valence-corrected chi connectivity index (χ3v) is 12.3. The Morgan fingerprint density at radius 2 is 1.40 bits per heavy atom. The molecule has 0 unspecified atom stereocenters. The van der Waals surface area contributed by atoms with Crippen LogP contribution in [0, 0.1) is 12.3 Å². The van der Waals surface area contributed by atoms with Gasteiger partial charge in [0.15, 0.2) is 0 Å². The molecule has 0 aliphatic carbocycles. The van der Waals surface area contributed by atoms with Crippen molar-refractivity contribution in [3.8, 4) is 64.9 Å². The van der Waals surface area contributed by atoms with Crippen LogP contribution in [0.5, 0.6) is 11.5 Å². The van der Waals surface area contributed by atoms with Gasteiger partial charge in [-0.05, 0) is 109 Å². The van der Waals surface area contributed by atoms with Crippen LogP contribution in [-0.2, 0) is 35.5 Å². The molecular weight excluding hydrogens is 1000 g/mol. The molecule has 0 amide bonds. The van der Waals surface area contributed by atoms with Gasteiger partial charge in [-0.15, -0.1) is 39.7 Å². The summed E-state index contributed by atoms with van der Waals surface area (Å²) in [5.41, 5.74) is 11.0. The van der Waals surface area contributed by atoms with Gasteiger partial charge in [0.05, 0.1) is 22.8 Å². The first kappa shape index (κ1) is 51.7. The fraction of sp³-hybridized carbons (Fsp3) is 0.174. The van der Waals surface area contributed by atoms with Gasteiger partial charge < -0.3 is 20.6 Å². The third-order valence-electron chi connectivity index (χ3n) is 9.00. The Hall–Kier alpha value is -5.94. The van der Waals surface area contributed by atoms with E-state index in [1.807, 2.05) is 17.5 Å². The number of nitrogens with one attached hydrogen (secondary N) is 2. The number of isothiocyanates is 1. The van der Waals surface area contributed by atoms with Gasteiger partial charge in [-0.1, -0.05) is 38.4 Å². The second-order valence-corrected chi connectivity index (χ2v) is 16.9. The Morgan fingerprint density at radius 3 is 2.06 bits per heavy atom. The standard InChI is InChI=1S/C26H17N3O4S2.C19H21F3N3S.CNS.Ru/c1-16-2-3-25(34-16)26-5-4-24(35-26)17-6-8-27-20(10-17)22-12-19(33-15-31)13-23(29-22)21-11-18(32-14-30)7-9-28-21;1-2-3-4-5-6-13-8-10-26-18(13)14-7-9-25-16(11-14)15(23)12-17(24)19(20,21)22;2-1-3;/h2-15H,1H3;7-12,23-24H,2-6H2,1H3;;/q;2*-1;+2/b;15-12-,24-17?;;. The average molecular weight is 1040 g/mol. The van der Waals surface area contributed by atoms with Gasteiger partial charge in [0.1, 0.15) is 17.2 Å². The van der Waals surface area contributed by atoms with Crippen LogP contribution < -0.4 is 9.47 Å². The Morgan fingerprint density at radius 1 is 0.800 bits per heavy atom. The summed E-state index contributed by atoms with van der Waals surface area (Å²) < 4.78 is 47.5. The number of alkyl halides is 3. The molecule has 0 fully saturated rings. The molecule has 0 aliphatic heterocycles. The van der Waals surface area contributed by atoms with Crippen LogP contribution in [-0.4, -0.2) is 49.9 Å². The van der Waals surface area contributed by atoms with Gasteiger partial charge in [-0.2, -0.15) is 18.3 Å². The minimum atomic E-state index is -4.76. The van der Waals surface area contributed by atoms with Gasteiger partial charge >= 0.3 is 25.7 Å². The van der Waals surface area contributed by atoms with Crippen molar-refractivity contribution >= 4 is 75.7 Å². The minimum absolute atomic E-state index is 0. The summed E-state index contributed by atoms with van der Waals surface area (Å²) in [4.78, 5) is 45.1. The molecule has 0 saturated heterocycles. The van der Waals surface area contributed by atoms with Crippen molar-refractivity contribution in [2.75, 3.05) is 0 Å². The van der Waals surface area contributed by atoms with E-state index in [2.05, 4.69) is 76.3 Å². The summed E-state index contributed by atoms with van der Waals surface area (Å²) in [6.07, 6.45) is 6.07. The predicted molar refractivity (Wildman–Crippen MR) is 253 cm³/mol. The molecule has 0 bridgehead atoms. The second kappa shape index (κ2) is 25.5. The zero-order valence-electron chi connectivity index (χ0n) is 34.6. The Labute approximate surface area is 403 Å². The van der Waals surface area contributed by atoms with Crippen LogP contribution in [0.2, 0.25) is 0 Å². The van der Waals surface area contributed by atoms with Crippen LogP contribution in [0.4, 0.5) is 13.2 Å². The van der Waals surface area contributed by atoms with E-state index in [0.29, 0.717) is 53.3 Å².